The molecule has 4 saturated carbocycles. The number of sulfone groups is 1. The molecule has 4 aliphatic carbocycles. The van der Waals surface area contributed by atoms with Gasteiger partial charge in [-0.3, -0.25) is 4.79 Å². The molecule has 4 aliphatic rings. The van der Waals surface area contributed by atoms with E-state index in [1.165, 1.54) is 25.7 Å². The number of hydrogen-bond acceptors (Lipinski definition) is 5. The van der Waals surface area contributed by atoms with Crippen molar-refractivity contribution in [2.45, 2.75) is 142 Å². The molecular weight excluding hydrogens is 568 g/mol. The van der Waals surface area contributed by atoms with Gasteiger partial charge in [0.25, 0.3) is 0 Å². The van der Waals surface area contributed by atoms with E-state index >= 15 is 0 Å². The first-order valence-corrected chi connectivity index (χ1v) is 19.4. The summed E-state index contributed by atoms with van der Waals surface area (Å²) in [6, 6.07) is 7.05. The number of carbonyl (C=O) groups is 1. The first kappa shape index (κ1) is 34.1. The van der Waals surface area contributed by atoms with Crippen LogP contribution < -0.4 is 0 Å². The Bertz CT molecular complexity index is 1300. The second-order valence-corrected chi connectivity index (χ2v) is 19.1. The lowest BCUT2D eigenvalue weighted by Crippen LogP contribution is -2.62. The molecule has 0 amide bonds. The number of benzene rings is 1. The van der Waals surface area contributed by atoms with Crippen molar-refractivity contribution in [3.05, 3.63) is 29.8 Å². The molecule has 0 spiro atoms. The van der Waals surface area contributed by atoms with Crippen LogP contribution in [0, 0.1) is 52.3 Å². The van der Waals surface area contributed by atoms with Crippen LogP contribution in [0.1, 0.15) is 125 Å². The van der Waals surface area contributed by atoms with Crippen LogP contribution in [0.5, 0.6) is 0 Å². The Morgan fingerprint density at radius 2 is 1.68 bits per heavy atom. The van der Waals surface area contributed by atoms with E-state index in [4.69, 9.17) is 0 Å². The molecule has 0 saturated heterocycles. The second kappa shape index (κ2) is 12.4. The van der Waals surface area contributed by atoms with E-state index in [0.717, 1.165) is 44.1 Å². The summed E-state index contributed by atoms with van der Waals surface area (Å²) in [7, 11) is -3.66. The summed E-state index contributed by atoms with van der Waals surface area (Å²) in [6.07, 6.45) is 10.00. The van der Waals surface area contributed by atoms with E-state index < -0.39 is 15.6 Å². The van der Waals surface area contributed by atoms with Gasteiger partial charge in [-0.2, -0.15) is 0 Å². The normalized spacial score (nSPS) is 39.7. The maximum atomic E-state index is 13.1. The zero-order valence-electron chi connectivity index (χ0n) is 28.5. The fourth-order valence-corrected chi connectivity index (χ4v) is 12.6. The number of aliphatic hydroxyl groups is 2. The van der Waals surface area contributed by atoms with Crippen LogP contribution in [0.3, 0.4) is 0 Å². The predicted molar refractivity (Wildman–Crippen MR) is 177 cm³/mol. The molecule has 1 aromatic rings. The molecule has 0 bridgehead atoms. The SMILES string of the molecule is CC[C@H]1[C@@H](O)[C@@H]2[C@H](CC[C@]3(C)[C@@H]([C@H](C)CCCC(=O)CS(=O)(=O)c4cccc(C(C)(C)C)c4)CC[C@@H]23)[C@@]2(C)CC[C@@H](O)C[C@@H]12. The fraction of sp³-hybridized carbons (Fsp3) is 0.816. The third-order valence-electron chi connectivity index (χ3n) is 13.7. The molecule has 2 N–H and O–H groups in total. The summed E-state index contributed by atoms with van der Waals surface area (Å²) in [5, 5.41) is 22.5. The Labute approximate surface area is 267 Å². The van der Waals surface area contributed by atoms with E-state index in [1.807, 2.05) is 6.07 Å². The van der Waals surface area contributed by atoms with E-state index in [1.54, 1.807) is 18.2 Å². The van der Waals surface area contributed by atoms with Gasteiger partial charge in [0.05, 0.1) is 17.1 Å². The van der Waals surface area contributed by atoms with Crippen LogP contribution in [0.15, 0.2) is 29.2 Å². The molecule has 248 valence electrons. The first-order chi connectivity index (χ1) is 20.5. The third kappa shape index (κ3) is 6.10. The van der Waals surface area contributed by atoms with Crippen molar-refractivity contribution in [1.82, 2.24) is 0 Å². The minimum atomic E-state index is -3.66. The van der Waals surface area contributed by atoms with Crippen LogP contribution in [0.2, 0.25) is 0 Å². The van der Waals surface area contributed by atoms with Gasteiger partial charge in [0.15, 0.2) is 9.84 Å². The van der Waals surface area contributed by atoms with Gasteiger partial charge in [-0.1, -0.05) is 73.4 Å². The van der Waals surface area contributed by atoms with Gasteiger partial charge < -0.3 is 10.2 Å². The minimum absolute atomic E-state index is 0.159. The monoisotopic (exact) mass is 628 g/mol. The quantitative estimate of drug-likeness (QED) is 0.292. The number of aliphatic hydroxyl groups excluding tert-OH is 2. The van der Waals surface area contributed by atoms with Crippen LogP contribution in [0.25, 0.3) is 0 Å². The largest absolute Gasteiger partial charge is 0.393 e. The summed E-state index contributed by atoms with van der Waals surface area (Å²) in [5.41, 5.74) is 1.20. The smallest absolute Gasteiger partial charge is 0.185 e. The van der Waals surface area contributed by atoms with Crippen molar-refractivity contribution in [3.8, 4) is 0 Å². The highest BCUT2D eigenvalue weighted by atomic mass is 32.2. The highest BCUT2D eigenvalue weighted by Gasteiger charge is 2.64. The molecular formula is C38H60O5S. The number of Topliss-reactive ketones (excluding diaryl/α,β-unsaturated/α-hetero) is 1. The summed E-state index contributed by atoms with van der Waals surface area (Å²) < 4.78 is 26.2. The summed E-state index contributed by atoms with van der Waals surface area (Å²) >= 11 is 0. The molecule has 0 radical (unpaired) electrons. The van der Waals surface area contributed by atoms with Gasteiger partial charge in [-0.05, 0) is 127 Å². The molecule has 6 heteroatoms. The molecule has 0 heterocycles. The maximum absolute atomic E-state index is 13.1. The molecule has 5 nitrogen and oxygen atoms in total. The van der Waals surface area contributed by atoms with Crippen molar-refractivity contribution in [2.24, 2.45) is 52.3 Å². The van der Waals surface area contributed by atoms with Crippen LogP contribution in [-0.4, -0.2) is 42.4 Å². The first-order valence-electron chi connectivity index (χ1n) is 17.7. The minimum Gasteiger partial charge on any atom is -0.393 e. The van der Waals surface area contributed by atoms with Gasteiger partial charge in [0, 0.05) is 6.42 Å². The summed E-state index contributed by atoms with van der Waals surface area (Å²) in [6.45, 7) is 15.7. The van der Waals surface area contributed by atoms with Crippen LogP contribution in [0.4, 0.5) is 0 Å². The summed E-state index contributed by atoms with van der Waals surface area (Å²) in [5.74, 6) is 2.51. The molecule has 44 heavy (non-hydrogen) atoms. The van der Waals surface area contributed by atoms with Crippen LogP contribution in [-0.2, 0) is 20.0 Å². The zero-order valence-corrected chi connectivity index (χ0v) is 29.3. The number of rotatable bonds is 9. The fourth-order valence-electron chi connectivity index (χ4n) is 11.3. The van der Waals surface area contributed by atoms with E-state index in [0.29, 0.717) is 41.9 Å². The lowest BCUT2D eigenvalue weighted by atomic mass is 9.41. The van der Waals surface area contributed by atoms with Gasteiger partial charge >= 0.3 is 0 Å². The van der Waals surface area contributed by atoms with E-state index in [2.05, 4.69) is 48.5 Å². The topological polar surface area (TPSA) is 91.7 Å². The van der Waals surface area contributed by atoms with Crippen molar-refractivity contribution in [1.29, 1.82) is 0 Å². The van der Waals surface area contributed by atoms with Crippen LogP contribution >= 0.6 is 0 Å². The van der Waals surface area contributed by atoms with Gasteiger partial charge in [-0.15, -0.1) is 0 Å². The Morgan fingerprint density at radius 3 is 2.36 bits per heavy atom. The van der Waals surface area contributed by atoms with Gasteiger partial charge in [0.2, 0.25) is 0 Å². The number of carbonyl (C=O) groups excluding carboxylic acids is 1. The molecule has 11 atom stereocenters. The Morgan fingerprint density at radius 1 is 1.00 bits per heavy atom. The average Bonchev–Trinajstić information content (AvgIpc) is 3.30. The van der Waals surface area contributed by atoms with Gasteiger partial charge in [-0.25, -0.2) is 8.42 Å². The molecule has 0 aliphatic heterocycles. The lowest BCUT2D eigenvalue weighted by molar-refractivity contribution is -0.203. The highest BCUT2D eigenvalue weighted by molar-refractivity contribution is 7.92. The van der Waals surface area contributed by atoms with Crippen molar-refractivity contribution in [2.75, 3.05) is 5.75 Å². The zero-order chi connectivity index (χ0) is 32.2. The Balaban J connectivity index is 1.21. The maximum Gasteiger partial charge on any atom is 0.185 e. The van der Waals surface area contributed by atoms with E-state index in [9.17, 15) is 23.4 Å². The second-order valence-electron chi connectivity index (χ2n) is 17.1. The van der Waals surface area contributed by atoms with Crippen molar-refractivity contribution in [3.63, 3.8) is 0 Å². The van der Waals surface area contributed by atoms with Crippen molar-refractivity contribution >= 4 is 15.6 Å². The molecule has 4 fully saturated rings. The van der Waals surface area contributed by atoms with E-state index in [-0.39, 0.29) is 45.0 Å². The summed E-state index contributed by atoms with van der Waals surface area (Å²) in [4.78, 5) is 13.1. The molecule has 0 unspecified atom stereocenters. The average molecular weight is 629 g/mol. The number of ketones is 1. The lowest BCUT2D eigenvalue weighted by Gasteiger charge is -2.64. The third-order valence-corrected chi connectivity index (χ3v) is 15.3. The Kier molecular flexibility index (Phi) is 9.62. The van der Waals surface area contributed by atoms with Crippen molar-refractivity contribution < 1.29 is 23.4 Å². The molecule has 5 rings (SSSR count). The number of hydrogen-bond donors (Lipinski definition) is 2. The number of fused-ring (bicyclic) bond motifs is 5. The predicted octanol–water partition coefficient (Wildman–Crippen LogP) is 7.76. The molecule has 1 aromatic carbocycles. The highest BCUT2D eigenvalue weighted by Crippen LogP contribution is 2.69. The Hall–Kier alpha value is -1.24. The van der Waals surface area contributed by atoms with Gasteiger partial charge in [0.1, 0.15) is 11.5 Å². The molecule has 0 aromatic heterocycles. The standard InChI is InChI=1S/C38H60O5S/c1-8-29-33-22-26(39)17-19-38(33,7)32-18-20-37(6)30(15-16-31(37)34(32)35(29)41)24(2)11-9-13-27(40)23-44(42,43)28-14-10-12-25(21-28)36(3,4)5/h10,12,14,21,24,26,29-35,39,41H,8-9,11,13,15-20,22-23H2,1-7H3/t24-,26-,29-,30-,31+,32+,33+,34+,35-,37-,38-/m1/s1.